The van der Waals surface area contributed by atoms with Gasteiger partial charge >= 0.3 is 0 Å². The van der Waals surface area contributed by atoms with E-state index in [0.717, 1.165) is 11.3 Å². The highest BCUT2D eigenvalue weighted by molar-refractivity contribution is 7.99. The van der Waals surface area contributed by atoms with Crippen molar-refractivity contribution in [1.29, 1.82) is 0 Å². The molecule has 0 aliphatic carbocycles. The molecule has 0 saturated heterocycles. The first-order valence-electron chi connectivity index (χ1n) is 7.47. The first-order chi connectivity index (χ1) is 11.6. The van der Waals surface area contributed by atoms with Crippen LogP contribution in [0.15, 0.2) is 47.6 Å². The molecule has 0 radical (unpaired) electrons. The zero-order chi connectivity index (χ0) is 17.1. The van der Waals surface area contributed by atoms with Gasteiger partial charge in [0.1, 0.15) is 5.82 Å². The van der Waals surface area contributed by atoms with Gasteiger partial charge in [0.15, 0.2) is 0 Å². The number of thioether (sulfide) groups is 1. The molecule has 1 heterocycles. The van der Waals surface area contributed by atoms with E-state index in [1.807, 2.05) is 32.0 Å². The highest BCUT2D eigenvalue weighted by atomic mass is 32.2. The Morgan fingerprint density at radius 3 is 2.71 bits per heavy atom. The molecule has 124 valence electrons. The number of aliphatic hydroxyl groups excluding tert-OH is 1. The third-order valence-electron chi connectivity index (χ3n) is 3.81. The molecule has 1 unspecified atom stereocenters. The zero-order valence-electron chi connectivity index (χ0n) is 13.3. The number of aliphatic hydroxyl groups is 1. The third kappa shape index (κ3) is 3.47. The monoisotopic (exact) mass is 344 g/mol. The van der Waals surface area contributed by atoms with Crippen molar-refractivity contribution in [2.24, 2.45) is 0 Å². The first kappa shape index (κ1) is 16.6. The Kier molecular flexibility index (Phi) is 4.92. The molecular formula is C17H17FN4OS. The lowest BCUT2D eigenvalue weighted by Crippen LogP contribution is -2.05. The maximum absolute atomic E-state index is 13.7. The predicted octanol–water partition coefficient (Wildman–Crippen LogP) is 3.24. The van der Waals surface area contributed by atoms with Crippen LogP contribution in [0.3, 0.4) is 0 Å². The van der Waals surface area contributed by atoms with Gasteiger partial charge in [-0.1, -0.05) is 36.0 Å². The Morgan fingerprint density at radius 2 is 1.96 bits per heavy atom. The van der Waals surface area contributed by atoms with Crippen molar-refractivity contribution in [3.05, 3.63) is 65.0 Å². The van der Waals surface area contributed by atoms with Gasteiger partial charge in [-0.3, -0.25) is 0 Å². The molecule has 7 heteroatoms. The van der Waals surface area contributed by atoms with Crippen LogP contribution < -0.4 is 0 Å². The summed E-state index contributed by atoms with van der Waals surface area (Å²) in [6.07, 6.45) is -0.930. The van der Waals surface area contributed by atoms with Crippen LogP contribution in [-0.4, -0.2) is 31.1 Å². The minimum atomic E-state index is -0.930. The number of hydrogen-bond acceptors (Lipinski definition) is 5. The van der Waals surface area contributed by atoms with Crippen LogP contribution in [0.4, 0.5) is 4.39 Å². The molecular weight excluding hydrogens is 327 g/mol. The largest absolute Gasteiger partial charge is 0.387 e. The second kappa shape index (κ2) is 7.11. The quantitative estimate of drug-likeness (QED) is 0.720. The van der Waals surface area contributed by atoms with Gasteiger partial charge in [0.25, 0.3) is 0 Å². The molecule has 1 atom stereocenters. The standard InChI is InChI=1S/C17H17FN4OS/c1-11-7-8-13(9-12(11)2)22-17(19-20-21-22)24-10-16(23)14-5-3-4-6-15(14)18/h3-9,16,23H,10H2,1-2H3. The molecule has 2 aromatic carbocycles. The summed E-state index contributed by atoms with van der Waals surface area (Å²) in [5, 5.41) is 22.5. The van der Waals surface area contributed by atoms with Crippen molar-refractivity contribution in [2.75, 3.05) is 5.75 Å². The van der Waals surface area contributed by atoms with Crippen molar-refractivity contribution < 1.29 is 9.50 Å². The molecule has 0 aliphatic heterocycles. The van der Waals surface area contributed by atoms with Gasteiger partial charge < -0.3 is 5.11 Å². The number of nitrogens with zero attached hydrogens (tertiary/aromatic N) is 4. The number of tetrazole rings is 1. The molecule has 24 heavy (non-hydrogen) atoms. The number of hydrogen-bond donors (Lipinski definition) is 1. The lowest BCUT2D eigenvalue weighted by atomic mass is 10.1. The van der Waals surface area contributed by atoms with E-state index in [9.17, 15) is 9.50 Å². The van der Waals surface area contributed by atoms with E-state index in [-0.39, 0.29) is 11.3 Å². The van der Waals surface area contributed by atoms with Gasteiger partial charge in [-0.05, 0) is 53.6 Å². The summed E-state index contributed by atoms with van der Waals surface area (Å²) in [7, 11) is 0. The molecule has 0 fully saturated rings. The van der Waals surface area contributed by atoms with E-state index < -0.39 is 11.9 Å². The highest BCUT2D eigenvalue weighted by Crippen LogP contribution is 2.26. The second-order valence-corrected chi connectivity index (χ2v) is 6.48. The molecule has 0 amide bonds. The maximum atomic E-state index is 13.7. The van der Waals surface area contributed by atoms with Crippen molar-refractivity contribution in [2.45, 2.75) is 25.1 Å². The molecule has 1 aromatic heterocycles. The summed E-state index contributed by atoms with van der Waals surface area (Å²) in [5.74, 6) is -0.161. The average Bonchev–Trinajstić information content (AvgIpc) is 3.04. The lowest BCUT2D eigenvalue weighted by molar-refractivity contribution is 0.199. The average molecular weight is 344 g/mol. The lowest BCUT2D eigenvalue weighted by Gasteiger charge is -2.11. The Labute approximate surface area is 143 Å². The second-order valence-electron chi connectivity index (χ2n) is 5.49. The van der Waals surface area contributed by atoms with Crippen LogP contribution in [0.25, 0.3) is 5.69 Å². The smallest absolute Gasteiger partial charge is 0.214 e. The van der Waals surface area contributed by atoms with Crippen molar-refractivity contribution in [1.82, 2.24) is 20.2 Å². The van der Waals surface area contributed by atoms with E-state index in [4.69, 9.17) is 0 Å². The Bertz CT molecular complexity index is 852. The molecule has 0 aliphatic rings. The number of rotatable bonds is 5. The van der Waals surface area contributed by atoms with E-state index in [2.05, 4.69) is 15.5 Å². The van der Waals surface area contributed by atoms with Crippen LogP contribution in [0, 0.1) is 19.7 Å². The highest BCUT2D eigenvalue weighted by Gasteiger charge is 2.16. The van der Waals surface area contributed by atoms with Crippen LogP contribution in [0.1, 0.15) is 22.8 Å². The summed E-state index contributed by atoms with van der Waals surface area (Å²) in [5.41, 5.74) is 3.46. The number of aryl methyl sites for hydroxylation is 2. The summed E-state index contributed by atoms with van der Waals surface area (Å²) in [4.78, 5) is 0. The minimum absolute atomic E-state index is 0.256. The SMILES string of the molecule is Cc1ccc(-n2nnnc2SCC(O)c2ccccc2F)cc1C. The van der Waals surface area contributed by atoms with Crippen LogP contribution in [0.5, 0.6) is 0 Å². The van der Waals surface area contributed by atoms with Gasteiger partial charge in [0.2, 0.25) is 5.16 Å². The van der Waals surface area contributed by atoms with Gasteiger partial charge in [-0.15, -0.1) is 5.10 Å². The van der Waals surface area contributed by atoms with Gasteiger partial charge in [0.05, 0.1) is 11.8 Å². The van der Waals surface area contributed by atoms with Gasteiger partial charge in [-0.25, -0.2) is 4.39 Å². The fraction of sp³-hybridized carbons (Fsp3) is 0.235. The zero-order valence-corrected chi connectivity index (χ0v) is 14.2. The number of halogens is 1. The van der Waals surface area contributed by atoms with Gasteiger partial charge in [0, 0.05) is 11.3 Å². The minimum Gasteiger partial charge on any atom is -0.387 e. The summed E-state index contributed by atoms with van der Waals surface area (Å²) in [6, 6.07) is 12.2. The van der Waals surface area contributed by atoms with Crippen molar-refractivity contribution in [3.8, 4) is 5.69 Å². The fourth-order valence-electron chi connectivity index (χ4n) is 2.28. The Morgan fingerprint density at radius 1 is 1.17 bits per heavy atom. The van der Waals surface area contributed by atoms with Gasteiger partial charge in [-0.2, -0.15) is 4.68 Å². The first-order valence-corrected chi connectivity index (χ1v) is 8.46. The van der Waals surface area contributed by atoms with E-state index in [1.54, 1.807) is 22.9 Å². The summed E-state index contributed by atoms with van der Waals surface area (Å²) >= 11 is 1.28. The van der Waals surface area contributed by atoms with E-state index in [1.165, 1.54) is 23.4 Å². The number of aromatic nitrogens is 4. The van der Waals surface area contributed by atoms with Crippen LogP contribution >= 0.6 is 11.8 Å². The Balaban J connectivity index is 1.76. The third-order valence-corrected chi connectivity index (χ3v) is 4.81. The molecule has 3 rings (SSSR count). The molecule has 0 spiro atoms. The molecule has 5 nitrogen and oxygen atoms in total. The maximum Gasteiger partial charge on any atom is 0.214 e. The van der Waals surface area contributed by atoms with Crippen molar-refractivity contribution >= 4 is 11.8 Å². The molecule has 0 bridgehead atoms. The predicted molar refractivity (Wildman–Crippen MR) is 90.7 cm³/mol. The summed E-state index contributed by atoms with van der Waals surface area (Å²) in [6.45, 7) is 4.07. The normalized spacial score (nSPS) is 12.3. The van der Waals surface area contributed by atoms with E-state index >= 15 is 0 Å². The molecule has 3 aromatic rings. The summed E-state index contributed by atoms with van der Waals surface area (Å²) < 4.78 is 15.3. The molecule has 1 N–H and O–H groups in total. The Hall–Kier alpha value is -2.25. The van der Waals surface area contributed by atoms with Crippen LogP contribution in [-0.2, 0) is 0 Å². The van der Waals surface area contributed by atoms with E-state index in [0.29, 0.717) is 5.16 Å². The fourth-order valence-corrected chi connectivity index (χ4v) is 3.12. The van der Waals surface area contributed by atoms with Crippen LogP contribution in [0.2, 0.25) is 0 Å². The number of benzene rings is 2. The molecule has 0 saturated carbocycles. The van der Waals surface area contributed by atoms with Crippen molar-refractivity contribution in [3.63, 3.8) is 0 Å². The topological polar surface area (TPSA) is 63.8 Å².